The third kappa shape index (κ3) is 16.1. The van der Waals surface area contributed by atoms with Crippen LogP contribution in [0.4, 0.5) is 0 Å². The summed E-state index contributed by atoms with van der Waals surface area (Å²) in [5.74, 6) is 0.737. The van der Waals surface area contributed by atoms with E-state index in [0.717, 1.165) is 16.9 Å². The van der Waals surface area contributed by atoms with Gasteiger partial charge in [0.1, 0.15) is 12.4 Å². The first kappa shape index (κ1) is 35.3. The Kier molecular flexibility index (Phi) is 22.6. The Morgan fingerprint density at radius 3 is 2.15 bits per heavy atom. The summed E-state index contributed by atoms with van der Waals surface area (Å²) >= 11 is 0. The number of rotatable bonds is 9. The van der Waals surface area contributed by atoms with Crippen LogP contribution in [0.5, 0.6) is 5.75 Å². The Labute approximate surface area is 289 Å². The summed E-state index contributed by atoms with van der Waals surface area (Å²) in [6, 6.07) is 7.59. The van der Waals surface area contributed by atoms with Gasteiger partial charge in [-0.25, -0.2) is 0 Å². The normalized spacial score (nSPS) is 12.9. The molecule has 0 aliphatic heterocycles. The third-order valence-corrected chi connectivity index (χ3v) is 6.91. The van der Waals surface area contributed by atoms with Crippen molar-refractivity contribution in [1.29, 1.82) is 0 Å². The third-order valence-electron chi connectivity index (χ3n) is 3.35. The molecule has 0 aliphatic rings. The molecule has 0 bridgehead atoms. The first-order valence-corrected chi connectivity index (χ1v) is 10.6. The van der Waals surface area contributed by atoms with Crippen LogP contribution in [0.15, 0.2) is 35.9 Å². The van der Waals surface area contributed by atoms with E-state index in [-0.39, 0.29) is 167 Å². The number of aryl methyl sites for hydroxylation is 1. The van der Waals surface area contributed by atoms with Gasteiger partial charge in [0.15, 0.2) is 4.99 Å². The summed E-state index contributed by atoms with van der Waals surface area (Å²) in [5.41, 5.74) is 2.04. The summed E-state index contributed by atoms with van der Waals surface area (Å²) < 4.78 is 47.6. The number of hydrogen-bond donors (Lipinski definition) is 3. The van der Waals surface area contributed by atoms with Crippen molar-refractivity contribution in [1.82, 2.24) is 0 Å². The van der Waals surface area contributed by atoms with Gasteiger partial charge in [0.2, 0.25) is 0 Å². The number of allylic oxidation sites excluding steroid dienone is 1. The molecule has 0 spiro atoms. The van der Waals surface area contributed by atoms with Crippen LogP contribution in [0, 0.1) is 6.92 Å². The van der Waals surface area contributed by atoms with Crippen molar-refractivity contribution in [2.24, 2.45) is 0 Å². The fraction of sp³-hybridized carbons (Fsp3) is 0.467. The molecule has 1 aromatic rings. The molecule has 1 rings (SSSR count). The van der Waals surface area contributed by atoms with Crippen molar-refractivity contribution >= 4 is 172 Å². The van der Waals surface area contributed by atoms with Crippen LogP contribution in [0.3, 0.4) is 0 Å². The molecule has 1 atom stereocenters. The second-order valence-electron chi connectivity index (χ2n) is 5.64. The summed E-state index contributed by atoms with van der Waals surface area (Å²) in [4.78, 5) is 15.9. The molecule has 7 nitrogen and oxygen atoms in total. The molecule has 0 radical (unpaired) electrons. The molecule has 27 heavy (non-hydrogen) atoms. The van der Waals surface area contributed by atoms with Crippen molar-refractivity contribution in [2.45, 2.75) is 38.1 Å². The maximum atomic E-state index is 11.1. The van der Waals surface area contributed by atoms with E-state index in [9.17, 15) is 13.0 Å². The van der Waals surface area contributed by atoms with Gasteiger partial charge in [0, 0.05) is 0 Å². The van der Waals surface area contributed by atoms with Crippen LogP contribution >= 0.6 is 7.60 Å². The Bertz CT molecular complexity index is 717. The molecule has 0 aliphatic carbocycles. The molecule has 12 heteroatoms. The minimum atomic E-state index is -4.90. The zero-order chi connectivity index (χ0) is 18.4. The second kappa shape index (κ2) is 17.2. The summed E-state index contributed by atoms with van der Waals surface area (Å²) in [7, 11) is -9.68. The molecular weight excluding hydrogens is 472 g/mol. The van der Waals surface area contributed by atoms with Crippen LogP contribution in [0.2, 0.25) is 0 Å². The number of unbranched alkanes of at least 4 members (excludes halogenated alkanes) is 1. The van der Waals surface area contributed by atoms with Gasteiger partial charge in [-0.15, -0.1) is 0 Å². The molecule has 1 unspecified atom stereocenters. The Hall–Kier alpha value is 3.73. The van der Waals surface area contributed by atoms with Crippen LogP contribution in [-0.2, 0) is 14.7 Å². The average molecular weight is 499 g/mol. The predicted molar refractivity (Wildman–Crippen MR) is 113 cm³/mol. The molecule has 0 aromatic heterocycles. The quantitative estimate of drug-likeness (QED) is 0.152. The van der Waals surface area contributed by atoms with E-state index < -0.39 is 22.7 Å². The predicted octanol–water partition coefficient (Wildman–Crippen LogP) is 0.937. The summed E-state index contributed by atoms with van der Waals surface area (Å²) in [6.07, 6.45) is 2.15. The van der Waals surface area contributed by atoms with E-state index in [1.807, 2.05) is 44.2 Å². The van der Waals surface area contributed by atoms with Gasteiger partial charge in [-0.05, 0) is 50.8 Å². The Balaban J connectivity index is -0.00000192. The molecule has 0 fully saturated rings. The SMILES string of the molecule is C/C(=C\CCCC(P(=O)(O)O)S(=O)(=O)O)COc1ccc(C)cc1.[KH].[KH].[KH]. The van der Waals surface area contributed by atoms with Crippen LogP contribution < -0.4 is 4.74 Å². The molecule has 0 saturated carbocycles. The second-order valence-corrected chi connectivity index (χ2v) is 9.39. The summed E-state index contributed by atoms with van der Waals surface area (Å²) in [5, 5.41) is 0. The minimum absolute atomic E-state index is 0. The first-order valence-electron chi connectivity index (χ1n) is 7.37. The van der Waals surface area contributed by atoms with E-state index >= 15 is 0 Å². The van der Waals surface area contributed by atoms with Crippen LogP contribution in [-0.4, -0.2) is 189 Å². The number of hydrogen-bond acceptors (Lipinski definition) is 4. The van der Waals surface area contributed by atoms with Crippen molar-refractivity contribution in [3.05, 3.63) is 41.5 Å². The van der Waals surface area contributed by atoms with E-state index in [4.69, 9.17) is 19.1 Å². The molecule has 0 amide bonds. The number of ether oxygens (including phenoxy) is 1. The van der Waals surface area contributed by atoms with Crippen molar-refractivity contribution in [2.75, 3.05) is 6.61 Å². The van der Waals surface area contributed by atoms with Gasteiger partial charge in [0.05, 0.1) is 0 Å². The summed E-state index contributed by atoms with van der Waals surface area (Å²) in [6.45, 7) is 4.19. The van der Waals surface area contributed by atoms with Gasteiger partial charge in [-0.2, -0.15) is 8.42 Å². The van der Waals surface area contributed by atoms with Gasteiger partial charge in [-0.3, -0.25) is 9.12 Å². The monoisotopic (exact) mass is 498 g/mol. The topological polar surface area (TPSA) is 121 Å². The Morgan fingerprint density at radius 2 is 1.70 bits per heavy atom. The van der Waals surface area contributed by atoms with E-state index in [0.29, 0.717) is 13.0 Å². The van der Waals surface area contributed by atoms with Crippen molar-refractivity contribution < 1.29 is 32.1 Å². The molecule has 142 valence electrons. The average Bonchev–Trinajstić information content (AvgIpc) is 2.43. The Morgan fingerprint density at radius 1 is 1.19 bits per heavy atom. The standard InChI is InChI=1S/C15H23O7PS.3K.3H/c1-12-7-9-14(10-8-12)22-11-13(2)5-3-4-6-15(23(16,17)18)24(19,20)21;;;;;;/h5,7-10,15H,3-4,6,11H2,1-2H3,(H2,16,17,18)(H,19,20,21);;;;;;/b13-5+;;;;;;. The van der Waals surface area contributed by atoms with Gasteiger partial charge < -0.3 is 14.5 Å². The van der Waals surface area contributed by atoms with Gasteiger partial charge in [0.25, 0.3) is 10.1 Å². The van der Waals surface area contributed by atoms with Crippen LogP contribution in [0.25, 0.3) is 0 Å². The zero-order valence-corrected chi connectivity index (χ0v) is 15.3. The zero-order valence-electron chi connectivity index (χ0n) is 13.6. The fourth-order valence-electron chi connectivity index (χ4n) is 2.02. The van der Waals surface area contributed by atoms with E-state index in [1.54, 1.807) is 0 Å². The molecule has 0 saturated heterocycles. The van der Waals surface area contributed by atoms with Gasteiger partial charge in [-0.1, -0.05) is 23.8 Å². The van der Waals surface area contributed by atoms with Gasteiger partial charge >= 0.3 is 162 Å². The first-order chi connectivity index (χ1) is 11.0. The van der Waals surface area contributed by atoms with Crippen molar-refractivity contribution in [3.63, 3.8) is 0 Å². The maximum absolute atomic E-state index is 11.1. The van der Waals surface area contributed by atoms with E-state index in [1.165, 1.54) is 0 Å². The van der Waals surface area contributed by atoms with E-state index in [2.05, 4.69) is 0 Å². The molecule has 0 heterocycles. The molecule has 3 N–H and O–H groups in total. The molecular formula is C15H26K3O7PS. The number of benzene rings is 1. The fourth-order valence-corrected chi connectivity index (χ4v) is 4.39. The van der Waals surface area contributed by atoms with Crippen LogP contribution in [0.1, 0.15) is 31.7 Å². The van der Waals surface area contributed by atoms with Crippen molar-refractivity contribution in [3.8, 4) is 5.75 Å². The molecule has 1 aromatic carbocycles.